The van der Waals surface area contributed by atoms with E-state index in [-0.39, 0.29) is 12.1 Å². The lowest BCUT2D eigenvalue weighted by atomic mass is 10.1. The molecule has 2 rings (SSSR count). The van der Waals surface area contributed by atoms with Crippen LogP contribution in [-0.2, 0) is 15.8 Å². The number of hydrogen-bond acceptors (Lipinski definition) is 3. The highest BCUT2D eigenvalue weighted by Crippen LogP contribution is 2.16. The Morgan fingerprint density at radius 2 is 1.77 bits per heavy atom. The zero-order valence-electron chi connectivity index (χ0n) is 11.5. The summed E-state index contributed by atoms with van der Waals surface area (Å²) in [6, 6.07) is 12.1. The third-order valence-corrected chi connectivity index (χ3v) is 4.60. The van der Waals surface area contributed by atoms with E-state index >= 15 is 0 Å². The van der Waals surface area contributed by atoms with E-state index in [9.17, 15) is 17.9 Å². The van der Waals surface area contributed by atoms with Crippen LogP contribution in [0.4, 0.5) is 4.39 Å². The fraction of sp³-hybridized carbons (Fsp3) is 0.200. The van der Waals surface area contributed by atoms with Gasteiger partial charge in [-0.15, -0.1) is 0 Å². The van der Waals surface area contributed by atoms with Crippen molar-refractivity contribution in [1.29, 1.82) is 0 Å². The molecular formula is C15H15ClFNO3S. The minimum Gasteiger partial charge on any atom is -0.387 e. The van der Waals surface area contributed by atoms with Crippen LogP contribution in [0, 0.1) is 5.82 Å². The molecule has 0 aromatic heterocycles. The lowest BCUT2D eigenvalue weighted by molar-refractivity contribution is 0.182. The molecule has 4 nitrogen and oxygen atoms in total. The molecule has 0 spiro atoms. The first kappa shape index (κ1) is 16.9. The Bertz CT molecular complexity index is 735. The smallest absolute Gasteiger partial charge is 0.215 e. The maximum atomic E-state index is 13.5. The summed E-state index contributed by atoms with van der Waals surface area (Å²) in [6.45, 7) is -0.196. The molecular weight excluding hydrogens is 329 g/mol. The zero-order chi connectivity index (χ0) is 16.2. The molecule has 0 radical (unpaired) electrons. The Balaban J connectivity index is 1.98. The van der Waals surface area contributed by atoms with Gasteiger partial charge >= 0.3 is 0 Å². The van der Waals surface area contributed by atoms with Crippen LogP contribution in [0.15, 0.2) is 48.5 Å². The Morgan fingerprint density at radius 1 is 1.14 bits per heavy atom. The molecule has 2 aromatic carbocycles. The summed E-state index contributed by atoms with van der Waals surface area (Å²) < 4.78 is 39.6. The van der Waals surface area contributed by atoms with Gasteiger partial charge in [-0.05, 0) is 23.8 Å². The number of benzene rings is 2. The summed E-state index contributed by atoms with van der Waals surface area (Å²) in [4.78, 5) is 0. The highest BCUT2D eigenvalue weighted by Gasteiger charge is 2.16. The summed E-state index contributed by atoms with van der Waals surface area (Å²) in [5, 5.41) is 10.5. The highest BCUT2D eigenvalue weighted by atomic mass is 35.5. The number of aliphatic hydroxyl groups excluding tert-OH is 1. The molecule has 0 amide bonds. The fourth-order valence-corrected chi connectivity index (χ4v) is 3.16. The van der Waals surface area contributed by atoms with Crippen LogP contribution in [0.1, 0.15) is 17.2 Å². The third kappa shape index (κ3) is 4.78. The minimum atomic E-state index is -3.74. The van der Waals surface area contributed by atoms with Gasteiger partial charge in [0.05, 0.1) is 11.9 Å². The molecule has 0 bridgehead atoms. The summed E-state index contributed by atoms with van der Waals surface area (Å²) in [5.41, 5.74) is 0.619. The van der Waals surface area contributed by atoms with Crippen molar-refractivity contribution in [2.45, 2.75) is 11.9 Å². The number of sulfonamides is 1. The molecule has 1 unspecified atom stereocenters. The topological polar surface area (TPSA) is 66.4 Å². The summed E-state index contributed by atoms with van der Waals surface area (Å²) >= 11 is 5.74. The Labute approximate surface area is 133 Å². The van der Waals surface area contributed by atoms with Crippen LogP contribution in [0.2, 0.25) is 5.02 Å². The van der Waals surface area contributed by atoms with Gasteiger partial charge in [0.2, 0.25) is 10.0 Å². The molecule has 0 heterocycles. The first-order chi connectivity index (χ1) is 10.4. The van der Waals surface area contributed by atoms with Gasteiger partial charge in [-0.25, -0.2) is 17.5 Å². The van der Waals surface area contributed by atoms with E-state index in [1.807, 2.05) is 0 Å². The van der Waals surface area contributed by atoms with Gasteiger partial charge in [-0.2, -0.15) is 0 Å². The highest BCUT2D eigenvalue weighted by molar-refractivity contribution is 7.88. The molecule has 2 aromatic rings. The second kappa shape index (κ2) is 7.19. The van der Waals surface area contributed by atoms with E-state index in [2.05, 4.69) is 4.72 Å². The van der Waals surface area contributed by atoms with Gasteiger partial charge in [0.1, 0.15) is 5.82 Å². The number of aliphatic hydroxyl groups is 1. The Morgan fingerprint density at radius 3 is 2.41 bits per heavy atom. The second-order valence-electron chi connectivity index (χ2n) is 4.77. The first-order valence-electron chi connectivity index (χ1n) is 6.52. The normalized spacial score (nSPS) is 13.0. The van der Waals surface area contributed by atoms with Gasteiger partial charge < -0.3 is 5.11 Å². The summed E-state index contributed by atoms with van der Waals surface area (Å²) in [7, 11) is -3.74. The van der Waals surface area contributed by atoms with Crippen LogP contribution >= 0.6 is 11.6 Å². The average Bonchev–Trinajstić information content (AvgIpc) is 2.48. The molecule has 0 aliphatic carbocycles. The first-order valence-corrected chi connectivity index (χ1v) is 8.55. The molecule has 1 atom stereocenters. The van der Waals surface area contributed by atoms with Crippen molar-refractivity contribution in [1.82, 2.24) is 4.72 Å². The molecule has 0 aliphatic heterocycles. The van der Waals surface area contributed by atoms with Gasteiger partial charge in [0, 0.05) is 17.1 Å². The van der Waals surface area contributed by atoms with Crippen molar-refractivity contribution in [3.63, 3.8) is 0 Å². The van der Waals surface area contributed by atoms with Crippen LogP contribution in [0.25, 0.3) is 0 Å². The average molecular weight is 344 g/mol. The number of hydrogen-bond donors (Lipinski definition) is 2. The third-order valence-electron chi connectivity index (χ3n) is 3.05. The number of rotatable bonds is 6. The standard InChI is InChI=1S/C15H15ClFNO3S/c16-13-7-5-11(6-8-13)15(19)9-18-22(20,21)10-12-3-1-2-4-14(12)17/h1-8,15,18-19H,9-10H2. The van der Waals surface area contributed by atoms with Gasteiger partial charge in [-0.3, -0.25) is 0 Å². The van der Waals surface area contributed by atoms with E-state index in [0.717, 1.165) is 0 Å². The van der Waals surface area contributed by atoms with Gasteiger partial charge in [0.25, 0.3) is 0 Å². The quantitative estimate of drug-likeness (QED) is 0.847. The summed E-state index contributed by atoms with van der Waals surface area (Å²) in [6.07, 6.45) is -1.01. The lowest BCUT2D eigenvalue weighted by Gasteiger charge is -2.13. The predicted octanol–water partition coefficient (Wildman–Crippen LogP) is 2.63. The molecule has 0 saturated carbocycles. The molecule has 0 aliphatic rings. The largest absolute Gasteiger partial charge is 0.387 e. The van der Waals surface area contributed by atoms with E-state index in [4.69, 9.17) is 11.6 Å². The van der Waals surface area contributed by atoms with Crippen LogP contribution < -0.4 is 4.72 Å². The maximum absolute atomic E-state index is 13.5. The molecule has 2 N–H and O–H groups in total. The van der Waals surface area contributed by atoms with Crippen molar-refractivity contribution in [2.75, 3.05) is 6.54 Å². The van der Waals surface area contributed by atoms with Crippen molar-refractivity contribution in [2.24, 2.45) is 0 Å². The second-order valence-corrected chi connectivity index (χ2v) is 7.01. The minimum absolute atomic E-state index is 0.0796. The van der Waals surface area contributed by atoms with E-state index in [1.165, 1.54) is 18.2 Å². The van der Waals surface area contributed by atoms with Gasteiger partial charge in [0.15, 0.2) is 0 Å². The molecule has 118 valence electrons. The zero-order valence-corrected chi connectivity index (χ0v) is 13.1. The van der Waals surface area contributed by atoms with Crippen molar-refractivity contribution in [3.8, 4) is 0 Å². The van der Waals surface area contributed by atoms with E-state index < -0.39 is 27.7 Å². The van der Waals surface area contributed by atoms with E-state index in [1.54, 1.807) is 30.3 Å². The van der Waals surface area contributed by atoms with E-state index in [0.29, 0.717) is 10.6 Å². The monoisotopic (exact) mass is 343 g/mol. The van der Waals surface area contributed by atoms with Crippen molar-refractivity contribution >= 4 is 21.6 Å². The van der Waals surface area contributed by atoms with Gasteiger partial charge in [-0.1, -0.05) is 41.9 Å². The number of halogens is 2. The molecule has 0 saturated heterocycles. The Hall–Kier alpha value is -1.47. The fourth-order valence-electron chi connectivity index (χ4n) is 1.88. The Kier molecular flexibility index (Phi) is 5.52. The maximum Gasteiger partial charge on any atom is 0.215 e. The molecule has 22 heavy (non-hydrogen) atoms. The van der Waals surface area contributed by atoms with Crippen LogP contribution in [0.5, 0.6) is 0 Å². The lowest BCUT2D eigenvalue weighted by Crippen LogP contribution is -2.29. The van der Waals surface area contributed by atoms with Crippen molar-refractivity contribution < 1.29 is 17.9 Å². The molecule has 0 fully saturated rings. The SMILES string of the molecule is O=S(=O)(Cc1ccccc1F)NCC(O)c1ccc(Cl)cc1. The number of nitrogens with one attached hydrogen (secondary N) is 1. The van der Waals surface area contributed by atoms with Crippen molar-refractivity contribution in [3.05, 3.63) is 70.5 Å². The predicted molar refractivity (Wildman–Crippen MR) is 83.4 cm³/mol. The molecule has 7 heteroatoms. The van der Waals surface area contributed by atoms with Crippen LogP contribution in [-0.4, -0.2) is 20.1 Å². The van der Waals surface area contributed by atoms with Crippen LogP contribution in [0.3, 0.4) is 0 Å². The summed E-state index contributed by atoms with van der Waals surface area (Å²) in [5.74, 6) is -1.06.